The fourth-order valence-electron chi connectivity index (χ4n) is 3.69. The van der Waals surface area contributed by atoms with Gasteiger partial charge in [0.2, 0.25) is 5.91 Å². The van der Waals surface area contributed by atoms with Gasteiger partial charge in [0.15, 0.2) is 11.6 Å². The van der Waals surface area contributed by atoms with Crippen molar-refractivity contribution in [1.82, 2.24) is 9.80 Å². The van der Waals surface area contributed by atoms with E-state index in [0.29, 0.717) is 38.2 Å². The van der Waals surface area contributed by atoms with E-state index in [0.717, 1.165) is 19.3 Å². The minimum Gasteiger partial charge on any atom is -0.494 e. The molecule has 0 bridgehead atoms. The number of aliphatic carboxylic acids is 1. The van der Waals surface area contributed by atoms with E-state index in [1.54, 1.807) is 6.07 Å². The zero-order valence-corrected chi connectivity index (χ0v) is 15.0. The lowest BCUT2D eigenvalue weighted by Gasteiger charge is -2.31. The fourth-order valence-corrected chi connectivity index (χ4v) is 3.69. The number of amides is 1. The summed E-state index contributed by atoms with van der Waals surface area (Å²) in [5.74, 6) is -1.17. The highest BCUT2D eigenvalue weighted by Crippen LogP contribution is 2.30. The standard InChI is InChI=1S/C19H25FN2O4/c1-26-16-7-6-14(12-15(16)20)17(19(24)25)21-8-3-9-22(11-10-21)18(23)13-4-2-5-13/h6-7,12-13,17H,2-5,8-11H2,1H3,(H,24,25). The number of methoxy groups -OCH3 is 1. The van der Waals surface area contributed by atoms with Crippen LogP contribution >= 0.6 is 0 Å². The largest absolute Gasteiger partial charge is 0.494 e. The van der Waals surface area contributed by atoms with Crippen molar-refractivity contribution in [2.24, 2.45) is 5.92 Å². The summed E-state index contributed by atoms with van der Waals surface area (Å²) in [6.45, 7) is 2.18. The lowest BCUT2D eigenvalue weighted by molar-refractivity contribution is -0.143. The fraction of sp³-hybridized carbons (Fsp3) is 0.579. The van der Waals surface area contributed by atoms with Crippen LogP contribution in [0.3, 0.4) is 0 Å². The number of hydrogen-bond acceptors (Lipinski definition) is 4. The Morgan fingerprint density at radius 1 is 1.19 bits per heavy atom. The topological polar surface area (TPSA) is 70.1 Å². The van der Waals surface area contributed by atoms with Gasteiger partial charge in [-0.25, -0.2) is 4.39 Å². The Bertz CT molecular complexity index is 678. The average Bonchev–Trinajstić information content (AvgIpc) is 2.79. The first-order chi connectivity index (χ1) is 12.5. The normalized spacial score (nSPS) is 20.2. The molecule has 2 fully saturated rings. The summed E-state index contributed by atoms with van der Waals surface area (Å²) < 4.78 is 18.9. The van der Waals surface area contributed by atoms with Gasteiger partial charge in [0.1, 0.15) is 6.04 Å². The number of carboxylic acid groups (broad SMARTS) is 1. The minimum atomic E-state index is -1.02. The van der Waals surface area contributed by atoms with Crippen LogP contribution in [0, 0.1) is 11.7 Å². The summed E-state index contributed by atoms with van der Waals surface area (Å²) in [5.41, 5.74) is 0.384. The SMILES string of the molecule is COc1ccc(C(C(=O)O)N2CCCN(C(=O)C3CCC3)CC2)cc1F. The maximum Gasteiger partial charge on any atom is 0.325 e. The third kappa shape index (κ3) is 3.82. The van der Waals surface area contributed by atoms with Crippen molar-refractivity contribution in [2.45, 2.75) is 31.7 Å². The Morgan fingerprint density at radius 3 is 2.54 bits per heavy atom. The molecule has 1 saturated heterocycles. The molecule has 0 aromatic heterocycles. The van der Waals surface area contributed by atoms with Crippen molar-refractivity contribution in [3.63, 3.8) is 0 Å². The molecule has 26 heavy (non-hydrogen) atoms. The van der Waals surface area contributed by atoms with Gasteiger partial charge in [-0.15, -0.1) is 0 Å². The molecule has 1 aromatic rings. The second-order valence-electron chi connectivity index (χ2n) is 6.98. The van der Waals surface area contributed by atoms with Crippen LogP contribution in [0.25, 0.3) is 0 Å². The maximum absolute atomic E-state index is 14.0. The molecule has 6 nitrogen and oxygen atoms in total. The van der Waals surface area contributed by atoms with Crippen molar-refractivity contribution in [3.05, 3.63) is 29.6 Å². The van der Waals surface area contributed by atoms with Crippen LogP contribution in [0.15, 0.2) is 18.2 Å². The number of carboxylic acids is 1. The molecule has 1 unspecified atom stereocenters. The van der Waals surface area contributed by atoms with Crippen molar-refractivity contribution in [1.29, 1.82) is 0 Å². The van der Waals surface area contributed by atoms with E-state index >= 15 is 0 Å². The van der Waals surface area contributed by atoms with Crippen LogP contribution in [0.2, 0.25) is 0 Å². The van der Waals surface area contributed by atoms with Gasteiger partial charge < -0.3 is 14.7 Å². The van der Waals surface area contributed by atoms with Crippen LogP contribution in [0.5, 0.6) is 5.75 Å². The molecule has 2 aliphatic rings. The lowest BCUT2D eigenvalue weighted by Crippen LogP contribution is -2.42. The second-order valence-corrected chi connectivity index (χ2v) is 6.98. The molecule has 0 spiro atoms. The number of hydrogen-bond donors (Lipinski definition) is 1. The first-order valence-electron chi connectivity index (χ1n) is 9.10. The molecule has 7 heteroatoms. The number of benzene rings is 1. The summed E-state index contributed by atoms with van der Waals surface area (Å²) in [5, 5.41) is 9.72. The third-order valence-electron chi connectivity index (χ3n) is 5.39. The zero-order valence-electron chi connectivity index (χ0n) is 15.0. The van der Waals surface area contributed by atoms with Gasteiger partial charge in [-0.05, 0) is 37.0 Å². The van der Waals surface area contributed by atoms with Gasteiger partial charge in [0, 0.05) is 32.1 Å². The zero-order chi connectivity index (χ0) is 18.7. The van der Waals surface area contributed by atoms with E-state index < -0.39 is 17.8 Å². The van der Waals surface area contributed by atoms with Crippen LogP contribution < -0.4 is 4.74 Å². The van der Waals surface area contributed by atoms with Crippen LogP contribution in [0.1, 0.15) is 37.3 Å². The van der Waals surface area contributed by atoms with Crippen LogP contribution in [0.4, 0.5) is 4.39 Å². The van der Waals surface area contributed by atoms with Crippen LogP contribution in [-0.2, 0) is 9.59 Å². The highest BCUT2D eigenvalue weighted by molar-refractivity contribution is 5.79. The molecule has 1 amide bonds. The number of rotatable bonds is 5. The molecule has 1 aromatic carbocycles. The van der Waals surface area contributed by atoms with Crippen molar-refractivity contribution in [3.8, 4) is 5.75 Å². The van der Waals surface area contributed by atoms with Crippen molar-refractivity contribution in [2.75, 3.05) is 33.3 Å². The Kier molecular flexibility index (Phi) is 5.76. The van der Waals surface area contributed by atoms with E-state index in [1.165, 1.54) is 19.2 Å². The molecular formula is C19H25FN2O4. The average molecular weight is 364 g/mol. The van der Waals surface area contributed by atoms with E-state index in [4.69, 9.17) is 4.74 Å². The number of carbonyl (C=O) groups excluding carboxylic acids is 1. The van der Waals surface area contributed by atoms with Gasteiger partial charge >= 0.3 is 5.97 Å². The van der Waals surface area contributed by atoms with E-state index in [9.17, 15) is 19.1 Å². The quantitative estimate of drug-likeness (QED) is 0.868. The van der Waals surface area contributed by atoms with Gasteiger partial charge in [-0.1, -0.05) is 12.5 Å². The Balaban J connectivity index is 1.73. The predicted octanol–water partition coefficient (Wildman–Crippen LogP) is 2.29. The van der Waals surface area contributed by atoms with Crippen LogP contribution in [-0.4, -0.2) is 60.1 Å². The molecule has 1 aliphatic heterocycles. The number of halogens is 1. The third-order valence-corrected chi connectivity index (χ3v) is 5.39. The first-order valence-corrected chi connectivity index (χ1v) is 9.10. The Morgan fingerprint density at radius 2 is 1.96 bits per heavy atom. The summed E-state index contributed by atoms with van der Waals surface area (Å²) in [6.07, 6.45) is 3.74. The first kappa shape index (κ1) is 18.6. The smallest absolute Gasteiger partial charge is 0.325 e. The van der Waals surface area contributed by atoms with E-state index in [2.05, 4.69) is 0 Å². The molecule has 1 atom stereocenters. The molecule has 1 N–H and O–H groups in total. The van der Waals surface area contributed by atoms with Gasteiger partial charge in [-0.2, -0.15) is 0 Å². The van der Waals surface area contributed by atoms with E-state index in [-0.39, 0.29) is 17.6 Å². The highest BCUT2D eigenvalue weighted by atomic mass is 19.1. The summed E-state index contributed by atoms with van der Waals surface area (Å²) in [4.78, 5) is 28.0. The molecule has 1 saturated carbocycles. The van der Waals surface area contributed by atoms with Gasteiger partial charge in [0.25, 0.3) is 0 Å². The van der Waals surface area contributed by atoms with Crippen molar-refractivity contribution < 1.29 is 23.8 Å². The molecular weight excluding hydrogens is 339 g/mol. The molecule has 1 heterocycles. The monoisotopic (exact) mass is 364 g/mol. The lowest BCUT2D eigenvalue weighted by atomic mass is 9.84. The van der Waals surface area contributed by atoms with Gasteiger partial charge in [0.05, 0.1) is 7.11 Å². The Labute approximate surface area is 152 Å². The van der Waals surface area contributed by atoms with E-state index in [1.807, 2.05) is 9.80 Å². The molecule has 0 radical (unpaired) electrons. The summed E-state index contributed by atoms with van der Waals surface area (Å²) >= 11 is 0. The van der Waals surface area contributed by atoms with Gasteiger partial charge in [-0.3, -0.25) is 14.5 Å². The number of ether oxygens (including phenoxy) is 1. The number of nitrogens with zero attached hydrogens (tertiary/aromatic N) is 2. The highest BCUT2D eigenvalue weighted by Gasteiger charge is 2.33. The summed E-state index contributed by atoms with van der Waals surface area (Å²) in [7, 11) is 1.37. The summed E-state index contributed by atoms with van der Waals surface area (Å²) in [6, 6.07) is 3.32. The molecule has 142 valence electrons. The van der Waals surface area contributed by atoms with Crippen molar-refractivity contribution >= 4 is 11.9 Å². The molecule has 3 rings (SSSR count). The predicted molar refractivity (Wildman–Crippen MR) is 93.4 cm³/mol. The number of carbonyl (C=O) groups is 2. The maximum atomic E-state index is 14.0. The second kappa shape index (κ2) is 8.03. The minimum absolute atomic E-state index is 0.0889. The Hall–Kier alpha value is -2.15. The molecule has 1 aliphatic carbocycles.